The molecule has 2 aromatic rings. The first-order chi connectivity index (χ1) is 12.8. The van der Waals surface area contributed by atoms with Gasteiger partial charge in [-0.15, -0.1) is 0 Å². The van der Waals surface area contributed by atoms with Crippen LogP contribution in [0.25, 0.3) is 0 Å². The maximum atomic E-state index is 11.1. The number of rotatable bonds is 9. The summed E-state index contributed by atoms with van der Waals surface area (Å²) >= 11 is 0. The first-order valence-corrected chi connectivity index (χ1v) is 10.1. The van der Waals surface area contributed by atoms with Crippen molar-refractivity contribution in [1.82, 2.24) is 14.9 Å². The molecule has 0 radical (unpaired) electrons. The number of nitrogens with zero attached hydrogens (tertiary/aromatic N) is 3. The van der Waals surface area contributed by atoms with Gasteiger partial charge in [-0.3, -0.25) is 15.4 Å². The predicted octanol–water partition coefficient (Wildman–Crippen LogP) is 2.01. The smallest absolute Gasteiger partial charge is 0.294 e. The molecule has 1 fully saturated rings. The molecule has 0 unspecified atom stereocenters. The van der Waals surface area contributed by atoms with Crippen LogP contribution in [0.5, 0.6) is 0 Å². The minimum atomic E-state index is -4.20. The number of hydrazine groups is 1. The molecule has 1 saturated carbocycles. The van der Waals surface area contributed by atoms with Crippen LogP contribution in [0.1, 0.15) is 24.5 Å². The Hall–Kier alpha value is -2.43. The molecule has 0 atom stereocenters. The molecule has 4 N–H and O–H groups in total. The molecule has 10 heteroatoms. The van der Waals surface area contributed by atoms with Crippen LogP contribution in [-0.4, -0.2) is 55.0 Å². The lowest BCUT2D eigenvalue weighted by molar-refractivity contribution is 0.425. The summed E-state index contributed by atoms with van der Waals surface area (Å²) in [5, 5.41) is 3.24. The van der Waals surface area contributed by atoms with Crippen LogP contribution in [0, 0.1) is 0 Å². The Morgan fingerprint density at radius 1 is 1.15 bits per heavy atom. The van der Waals surface area contributed by atoms with Crippen molar-refractivity contribution in [3.63, 3.8) is 0 Å². The summed E-state index contributed by atoms with van der Waals surface area (Å²) < 4.78 is 31.2. The zero-order valence-corrected chi connectivity index (χ0v) is 16.1. The van der Waals surface area contributed by atoms with Crippen molar-refractivity contribution in [2.24, 2.45) is 0 Å². The van der Waals surface area contributed by atoms with Gasteiger partial charge in [0.1, 0.15) is 5.82 Å². The largest absolute Gasteiger partial charge is 0.353 e. The average molecular weight is 392 g/mol. The zero-order chi connectivity index (χ0) is 19.4. The number of anilines is 3. The molecule has 9 nitrogen and oxygen atoms in total. The van der Waals surface area contributed by atoms with Gasteiger partial charge < -0.3 is 10.2 Å². The van der Waals surface area contributed by atoms with Crippen molar-refractivity contribution in [1.29, 1.82) is 0 Å². The van der Waals surface area contributed by atoms with E-state index in [1.807, 2.05) is 20.2 Å². The average Bonchev–Trinajstić information content (AvgIpc) is 3.44. The van der Waals surface area contributed by atoms with Crippen LogP contribution in [-0.2, 0) is 10.1 Å². The van der Waals surface area contributed by atoms with Gasteiger partial charge in [0.05, 0.1) is 16.3 Å². The highest BCUT2D eigenvalue weighted by atomic mass is 32.2. The van der Waals surface area contributed by atoms with E-state index in [4.69, 9.17) is 4.55 Å². The third kappa shape index (κ3) is 5.78. The van der Waals surface area contributed by atoms with Crippen molar-refractivity contribution < 1.29 is 13.0 Å². The fourth-order valence-corrected chi connectivity index (χ4v) is 2.92. The van der Waals surface area contributed by atoms with E-state index in [0.717, 1.165) is 31.6 Å². The molecule has 0 bridgehead atoms. The van der Waals surface area contributed by atoms with Crippen LogP contribution < -0.4 is 16.2 Å². The lowest BCUT2D eigenvalue weighted by Crippen LogP contribution is -2.22. The predicted molar refractivity (Wildman–Crippen MR) is 105 cm³/mol. The minimum absolute atomic E-state index is 0.154. The van der Waals surface area contributed by atoms with Gasteiger partial charge in [-0.2, -0.15) is 13.4 Å². The molecule has 146 valence electrons. The number of hydrogen-bond donors (Lipinski definition) is 4. The third-order valence-corrected chi connectivity index (χ3v) is 4.94. The van der Waals surface area contributed by atoms with Gasteiger partial charge in [-0.25, -0.2) is 4.98 Å². The van der Waals surface area contributed by atoms with E-state index in [9.17, 15) is 8.42 Å². The van der Waals surface area contributed by atoms with Gasteiger partial charge in [-0.05, 0) is 51.2 Å². The molecule has 0 amide bonds. The van der Waals surface area contributed by atoms with Crippen LogP contribution >= 0.6 is 0 Å². The van der Waals surface area contributed by atoms with Gasteiger partial charge in [0.15, 0.2) is 0 Å². The summed E-state index contributed by atoms with van der Waals surface area (Å²) in [5.74, 6) is 1.68. The Labute approximate surface area is 158 Å². The highest BCUT2D eigenvalue weighted by Gasteiger charge is 2.26. The van der Waals surface area contributed by atoms with E-state index in [-0.39, 0.29) is 4.90 Å². The molecular formula is C17H24N6O3S. The van der Waals surface area contributed by atoms with Crippen molar-refractivity contribution in [2.75, 3.05) is 43.4 Å². The summed E-state index contributed by atoms with van der Waals surface area (Å²) in [6.45, 7) is 1.61. The SMILES string of the molecule is CN(C)CCNc1nc(NNc2ccc(S(=O)(=O)O)cc2)cc(C2CC2)n1. The van der Waals surface area contributed by atoms with Crippen molar-refractivity contribution in [3.8, 4) is 0 Å². The monoisotopic (exact) mass is 392 g/mol. The number of likely N-dealkylation sites (N-methyl/N-ethyl adjacent to an activating group) is 1. The molecule has 1 aromatic heterocycles. The molecule has 27 heavy (non-hydrogen) atoms. The molecule has 1 aromatic carbocycles. The summed E-state index contributed by atoms with van der Waals surface area (Å²) in [6.07, 6.45) is 2.27. The zero-order valence-electron chi connectivity index (χ0n) is 15.3. The third-order valence-electron chi connectivity index (χ3n) is 4.07. The minimum Gasteiger partial charge on any atom is -0.353 e. The fraction of sp³-hybridized carbons (Fsp3) is 0.412. The molecule has 1 aliphatic carbocycles. The highest BCUT2D eigenvalue weighted by Crippen LogP contribution is 2.39. The van der Waals surface area contributed by atoms with Crippen molar-refractivity contribution in [3.05, 3.63) is 36.0 Å². The second kappa shape index (κ2) is 8.07. The topological polar surface area (TPSA) is 119 Å². The molecule has 3 rings (SSSR count). The highest BCUT2D eigenvalue weighted by molar-refractivity contribution is 7.85. The first kappa shape index (κ1) is 19.3. The Balaban J connectivity index is 1.67. The standard InChI is InChI=1S/C17H24N6O3S/c1-23(2)10-9-18-17-19-15(12-3-4-12)11-16(20-17)22-21-13-5-7-14(8-6-13)27(24,25)26/h5-8,11-12,21H,3-4,9-10H2,1-2H3,(H,24,25,26)(H2,18,19,20,22). The van der Waals surface area contributed by atoms with E-state index in [2.05, 4.69) is 31.0 Å². The lowest BCUT2D eigenvalue weighted by Gasteiger charge is -2.14. The Morgan fingerprint density at radius 2 is 1.85 bits per heavy atom. The van der Waals surface area contributed by atoms with Gasteiger partial charge in [0.25, 0.3) is 10.1 Å². The second-order valence-corrected chi connectivity index (χ2v) is 8.18. The lowest BCUT2D eigenvalue weighted by atomic mass is 10.3. The molecular weight excluding hydrogens is 368 g/mol. The summed E-state index contributed by atoms with van der Waals surface area (Å²) in [5.41, 5.74) is 7.63. The maximum Gasteiger partial charge on any atom is 0.294 e. The van der Waals surface area contributed by atoms with E-state index in [0.29, 0.717) is 23.4 Å². The van der Waals surface area contributed by atoms with Gasteiger partial charge in [0.2, 0.25) is 5.95 Å². The van der Waals surface area contributed by atoms with E-state index in [1.54, 1.807) is 12.1 Å². The number of nitrogens with one attached hydrogen (secondary N) is 3. The first-order valence-electron chi connectivity index (χ1n) is 8.68. The van der Waals surface area contributed by atoms with Gasteiger partial charge >= 0.3 is 0 Å². The Bertz CT molecular complexity index is 882. The normalized spacial score (nSPS) is 14.2. The van der Waals surface area contributed by atoms with Gasteiger partial charge in [0, 0.05) is 25.1 Å². The molecule has 1 heterocycles. The molecule has 0 saturated heterocycles. The number of aromatic nitrogens is 2. The second-order valence-electron chi connectivity index (χ2n) is 6.76. The number of benzene rings is 1. The van der Waals surface area contributed by atoms with Crippen LogP contribution in [0.15, 0.2) is 35.2 Å². The quantitative estimate of drug-likeness (QED) is 0.375. The Kier molecular flexibility index (Phi) is 5.78. The van der Waals surface area contributed by atoms with Crippen LogP contribution in [0.2, 0.25) is 0 Å². The summed E-state index contributed by atoms with van der Waals surface area (Å²) in [6, 6.07) is 7.66. The number of hydrogen-bond acceptors (Lipinski definition) is 8. The van der Waals surface area contributed by atoms with E-state index >= 15 is 0 Å². The van der Waals surface area contributed by atoms with Crippen molar-refractivity contribution >= 4 is 27.6 Å². The molecule has 1 aliphatic rings. The summed E-state index contributed by atoms with van der Waals surface area (Å²) in [7, 11) is -0.181. The maximum absolute atomic E-state index is 11.1. The van der Waals surface area contributed by atoms with Crippen molar-refractivity contribution in [2.45, 2.75) is 23.7 Å². The van der Waals surface area contributed by atoms with Crippen LogP contribution in [0.3, 0.4) is 0 Å². The summed E-state index contributed by atoms with van der Waals surface area (Å²) in [4.78, 5) is 11.0. The Morgan fingerprint density at radius 3 is 2.44 bits per heavy atom. The molecule has 0 spiro atoms. The van der Waals surface area contributed by atoms with E-state index < -0.39 is 10.1 Å². The fourth-order valence-electron chi connectivity index (χ4n) is 2.44. The molecule has 0 aliphatic heterocycles. The van der Waals surface area contributed by atoms with E-state index in [1.165, 1.54) is 12.1 Å². The van der Waals surface area contributed by atoms with Gasteiger partial charge in [-0.1, -0.05) is 0 Å². The van der Waals surface area contributed by atoms with Crippen LogP contribution in [0.4, 0.5) is 17.5 Å².